The Bertz CT molecular complexity index is 1410. The first kappa shape index (κ1) is 21.8. The number of hydrogen-bond donors (Lipinski definition) is 0. The first-order chi connectivity index (χ1) is 16.7. The van der Waals surface area contributed by atoms with Crippen LogP contribution in [0, 0.1) is 0 Å². The summed E-state index contributed by atoms with van der Waals surface area (Å²) in [5.74, 6) is -0.103. The van der Waals surface area contributed by atoms with Crippen LogP contribution >= 0.6 is 6.89 Å². The van der Waals surface area contributed by atoms with Crippen molar-refractivity contribution >= 4 is 34.4 Å². The molecule has 0 unspecified atom stereocenters. The molecule has 0 spiro atoms. The van der Waals surface area contributed by atoms with Crippen molar-refractivity contribution in [3.05, 3.63) is 156 Å². The predicted molar refractivity (Wildman–Crippen MR) is 143 cm³/mol. The number of ketones is 2. The molecule has 0 amide bonds. The second-order valence-corrected chi connectivity index (χ2v) is 11.4. The third-order valence-electron chi connectivity index (χ3n) is 6.06. The molecule has 2 nitrogen and oxygen atoms in total. The van der Waals surface area contributed by atoms with Crippen LogP contribution in [0.15, 0.2) is 145 Å². The number of carbonyl (C=O) groups is 2. The minimum absolute atomic E-state index is 0.0515. The van der Waals surface area contributed by atoms with E-state index in [0.29, 0.717) is 21.7 Å². The average molecular weight is 458 g/mol. The van der Waals surface area contributed by atoms with Gasteiger partial charge in [-0.25, -0.2) is 0 Å². The van der Waals surface area contributed by atoms with Crippen LogP contribution in [-0.2, 0) is 0 Å². The summed E-state index contributed by atoms with van der Waals surface area (Å²) in [5.41, 5.74) is 1.23. The zero-order chi connectivity index (χ0) is 23.4. The summed E-state index contributed by atoms with van der Waals surface area (Å²) < 4.78 is 0. The number of benzene rings is 4. The fourth-order valence-electron chi connectivity index (χ4n) is 4.52. The van der Waals surface area contributed by atoms with Crippen LogP contribution in [0.2, 0.25) is 0 Å². The summed E-state index contributed by atoms with van der Waals surface area (Å²) >= 11 is 0. The Hall–Kier alpha value is -4.00. The van der Waals surface area contributed by atoms with Crippen LogP contribution in [0.4, 0.5) is 0 Å². The van der Waals surface area contributed by atoms with Gasteiger partial charge in [-0.15, -0.1) is 0 Å². The summed E-state index contributed by atoms with van der Waals surface area (Å²) in [6.45, 7) is -2.77. The lowest BCUT2D eigenvalue weighted by Crippen LogP contribution is -2.30. The third kappa shape index (κ3) is 3.73. The molecule has 1 heterocycles. The molecule has 3 heteroatoms. The van der Waals surface area contributed by atoms with Crippen molar-refractivity contribution < 1.29 is 9.59 Å². The van der Waals surface area contributed by atoms with Crippen molar-refractivity contribution in [1.82, 2.24) is 0 Å². The SMILES string of the molecule is O=C(C1=CC=CC(C(=O)c2ccccc2)=P1(c1ccccc1)c1ccccc1)c1ccccc1. The largest absolute Gasteiger partial charge is 0.289 e. The van der Waals surface area contributed by atoms with Gasteiger partial charge in [-0.05, 0) is 29.6 Å². The Morgan fingerprint density at radius 1 is 0.500 bits per heavy atom. The molecule has 0 radical (unpaired) electrons. The summed E-state index contributed by atoms with van der Waals surface area (Å²) in [4.78, 5) is 28.1. The molecule has 1 aliphatic heterocycles. The maximum absolute atomic E-state index is 14.1. The zero-order valence-corrected chi connectivity index (χ0v) is 19.4. The van der Waals surface area contributed by atoms with E-state index in [1.807, 2.05) is 140 Å². The first-order valence-electron chi connectivity index (χ1n) is 11.2. The maximum Gasteiger partial charge on any atom is 0.194 e. The molecule has 164 valence electrons. The monoisotopic (exact) mass is 458 g/mol. The highest BCUT2D eigenvalue weighted by molar-refractivity contribution is 7.95. The Balaban J connectivity index is 1.91. The maximum atomic E-state index is 14.1. The molecular weight excluding hydrogens is 435 g/mol. The molecule has 0 aromatic heterocycles. The van der Waals surface area contributed by atoms with Gasteiger partial charge in [0.15, 0.2) is 11.6 Å². The fourth-order valence-corrected chi connectivity index (χ4v) is 8.92. The number of hydrogen-bond acceptors (Lipinski definition) is 2. The lowest BCUT2D eigenvalue weighted by molar-refractivity contribution is 0.104. The Morgan fingerprint density at radius 3 is 1.38 bits per heavy atom. The average Bonchev–Trinajstić information content (AvgIpc) is 2.93. The van der Waals surface area contributed by atoms with Gasteiger partial charge >= 0.3 is 0 Å². The van der Waals surface area contributed by atoms with E-state index in [2.05, 4.69) is 0 Å². The van der Waals surface area contributed by atoms with E-state index in [1.54, 1.807) is 0 Å². The van der Waals surface area contributed by atoms with E-state index in [0.717, 1.165) is 10.6 Å². The van der Waals surface area contributed by atoms with Gasteiger partial charge in [0.25, 0.3) is 0 Å². The van der Waals surface area contributed by atoms with Crippen LogP contribution < -0.4 is 10.6 Å². The summed E-state index contributed by atoms with van der Waals surface area (Å²) in [7, 11) is 0. The lowest BCUT2D eigenvalue weighted by atomic mass is 10.1. The molecule has 0 fully saturated rings. The fraction of sp³-hybridized carbons (Fsp3) is 0. The molecule has 0 aliphatic carbocycles. The van der Waals surface area contributed by atoms with Crippen molar-refractivity contribution in [2.24, 2.45) is 0 Å². The summed E-state index contributed by atoms with van der Waals surface area (Å²) in [6, 6.07) is 38.7. The van der Waals surface area contributed by atoms with Gasteiger partial charge in [-0.2, -0.15) is 0 Å². The molecule has 0 N–H and O–H groups in total. The van der Waals surface area contributed by atoms with Crippen LogP contribution in [0.1, 0.15) is 20.7 Å². The molecule has 0 saturated carbocycles. The molecular formula is C31H23O2P. The molecule has 0 bridgehead atoms. The van der Waals surface area contributed by atoms with E-state index in [9.17, 15) is 9.59 Å². The van der Waals surface area contributed by atoms with Gasteiger partial charge in [0.1, 0.15) is 0 Å². The zero-order valence-electron chi connectivity index (χ0n) is 18.5. The van der Waals surface area contributed by atoms with E-state index >= 15 is 0 Å². The van der Waals surface area contributed by atoms with Gasteiger partial charge in [-0.1, -0.05) is 127 Å². The number of allylic oxidation sites excluding steroid dienone is 4. The van der Waals surface area contributed by atoms with E-state index < -0.39 is 6.89 Å². The van der Waals surface area contributed by atoms with E-state index in [4.69, 9.17) is 0 Å². The summed E-state index contributed by atoms with van der Waals surface area (Å²) in [6.07, 6.45) is 5.66. The molecule has 34 heavy (non-hydrogen) atoms. The van der Waals surface area contributed by atoms with Crippen LogP contribution in [-0.4, -0.2) is 16.9 Å². The van der Waals surface area contributed by atoms with Gasteiger partial charge in [-0.3, -0.25) is 9.59 Å². The van der Waals surface area contributed by atoms with Crippen molar-refractivity contribution in [3.63, 3.8) is 0 Å². The van der Waals surface area contributed by atoms with Gasteiger partial charge < -0.3 is 0 Å². The van der Waals surface area contributed by atoms with Crippen molar-refractivity contribution in [2.45, 2.75) is 0 Å². The number of Topliss-reactive ketones (excluding diaryl/α,β-unsaturated/α-hetero) is 2. The van der Waals surface area contributed by atoms with E-state index in [1.165, 1.54) is 0 Å². The highest BCUT2D eigenvalue weighted by Gasteiger charge is 2.38. The summed E-state index contributed by atoms with van der Waals surface area (Å²) in [5, 5.41) is 3.30. The highest BCUT2D eigenvalue weighted by Crippen LogP contribution is 2.57. The Morgan fingerprint density at radius 2 is 0.912 bits per heavy atom. The number of carbonyl (C=O) groups excluding carboxylic acids is 2. The smallest absolute Gasteiger partial charge is 0.194 e. The second kappa shape index (κ2) is 9.47. The Labute approximate surface area is 199 Å². The minimum Gasteiger partial charge on any atom is -0.289 e. The number of rotatable bonds is 6. The topological polar surface area (TPSA) is 34.1 Å². The molecule has 4 aromatic rings. The van der Waals surface area contributed by atoms with Crippen molar-refractivity contribution in [2.75, 3.05) is 0 Å². The Kier molecular flexibility index (Phi) is 6.08. The quantitative estimate of drug-likeness (QED) is 0.261. The molecule has 5 rings (SSSR count). The van der Waals surface area contributed by atoms with Crippen LogP contribution in [0.25, 0.3) is 0 Å². The predicted octanol–water partition coefficient (Wildman–Crippen LogP) is 6.05. The molecule has 1 aliphatic rings. The highest BCUT2D eigenvalue weighted by atomic mass is 31.2. The second-order valence-electron chi connectivity index (χ2n) is 8.03. The first-order valence-corrected chi connectivity index (χ1v) is 13.0. The lowest BCUT2D eigenvalue weighted by Gasteiger charge is -2.34. The molecule has 0 saturated heterocycles. The molecule has 0 atom stereocenters. The van der Waals surface area contributed by atoms with E-state index in [-0.39, 0.29) is 11.6 Å². The van der Waals surface area contributed by atoms with Crippen molar-refractivity contribution in [1.29, 1.82) is 0 Å². The van der Waals surface area contributed by atoms with Crippen LogP contribution in [0.5, 0.6) is 0 Å². The standard InChI is InChI=1S/C31H23O2P/c32-30(24-14-5-1-6-15-24)28-22-13-23-29(31(33)25-16-7-2-8-17-25)34(28,26-18-9-3-10-19-26)27-20-11-4-12-21-27/h1-23H. The van der Waals surface area contributed by atoms with Gasteiger partial charge in [0.05, 0.1) is 0 Å². The molecule has 4 aromatic carbocycles. The van der Waals surface area contributed by atoms with Gasteiger partial charge in [0.2, 0.25) is 0 Å². The van der Waals surface area contributed by atoms with Crippen LogP contribution in [0.3, 0.4) is 0 Å². The minimum atomic E-state index is -2.77. The normalized spacial score (nSPS) is 14.4. The van der Waals surface area contributed by atoms with Crippen molar-refractivity contribution in [3.8, 4) is 0 Å². The van der Waals surface area contributed by atoms with Gasteiger partial charge in [0, 0.05) is 21.7 Å². The third-order valence-corrected chi connectivity index (χ3v) is 10.4.